The lowest BCUT2D eigenvalue weighted by Gasteiger charge is -2.12. The van der Waals surface area contributed by atoms with E-state index in [1.165, 1.54) is 36.5 Å². The Kier molecular flexibility index (Phi) is 4.55. The molecule has 1 aromatic carbocycles. The standard InChI is InChI=1S/C13H19NOS/c15-12-4-1-5-13(9-12)16-10-11-3-2-7-14-8-6-11/h1,4-5,9,11,14-15H,2-3,6-8,10H2. The smallest absolute Gasteiger partial charge is 0.116 e. The number of nitrogens with one attached hydrogen (secondary N) is 1. The van der Waals surface area contributed by atoms with E-state index in [9.17, 15) is 5.11 Å². The summed E-state index contributed by atoms with van der Waals surface area (Å²) in [6.45, 7) is 2.33. The van der Waals surface area contributed by atoms with Crippen LogP contribution in [0.15, 0.2) is 29.2 Å². The Bertz CT molecular complexity index is 321. The van der Waals surface area contributed by atoms with Crippen molar-refractivity contribution in [2.45, 2.75) is 24.2 Å². The van der Waals surface area contributed by atoms with Gasteiger partial charge in [0.25, 0.3) is 0 Å². The molecule has 0 saturated carbocycles. The minimum absolute atomic E-state index is 0.368. The molecule has 0 aromatic heterocycles. The molecule has 1 aliphatic heterocycles. The third-order valence-electron chi connectivity index (χ3n) is 3.00. The highest BCUT2D eigenvalue weighted by molar-refractivity contribution is 7.99. The fraction of sp³-hybridized carbons (Fsp3) is 0.538. The lowest BCUT2D eigenvalue weighted by Crippen LogP contribution is -2.14. The fourth-order valence-electron chi connectivity index (χ4n) is 2.05. The largest absolute Gasteiger partial charge is 0.508 e. The number of hydrogen-bond donors (Lipinski definition) is 2. The topological polar surface area (TPSA) is 32.3 Å². The summed E-state index contributed by atoms with van der Waals surface area (Å²) in [6.07, 6.45) is 3.91. The summed E-state index contributed by atoms with van der Waals surface area (Å²) in [5, 5.41) is 12.8. The maximum atomic E-state index is 9.37. The lowest BCUT2D eigenvalue weighted by molar-refractivity contribution is 0.474. The van der Waals surface area contributed by atoms with Crippen LogP contribution >= 0.6 is 11.8 Å². The molecule has 0 bridgehead atoms. The average Bonchev–Trinajstić information content (AvgIpc) is 2.55. The van der Waals surface area contributed by atoms with Crippen LogP contribution in [-0.4, -0.2) is 23.9 Å². The first-order valence-electron chi connectivity index (χ1n) is 5.97. The van der Waals surface area contributed by atoms with E-state index < -0.39 is 0 Å². The van der Waals surface area contributed by atoms with Crippen molar-refractivity contribution in [2.75, 3.05) is 18.8 Å². The van der Waals surface area contributed by atoms with Gasteiger partial charge in [-0.25, -0.2) is 0 Å². The number of rotatable bonds is 3. The van der Waals surface area contributed by atoms with Crippen LogP contribution in [0.5, 0.6) is 5.75 Å². The van der Waals surface area contributed by atoms with E-state index in [0.717, 1.165) is 12.5 Å². The SMILES string of the molecule is Oc1cccc(SCC2CCCNCC2)c1. The zero-order valence-electron chi connectivity index (χ0n) is 9.48. The third kappa shape index (κ3) is 3.72. The van der Waals surface area contributed by atoms with Gasteiger partial charge in [-0.3, -0.25) is 0 Å². The van der Waals surface area contributed by atoms with Crippen LogP contribution in [0.3, 0.4) is 0 Å². The molecule has 1 atom stereocenters. The van der Waals surface area contributed by atoms with E-state index in [2.05, 4.69) is 11.4 Å². The monoisotopic (exact) mass is 237 g/mol. The van der Waals surface area contributed by atoms with Crippen molar-refractivity contribution in [1.29, 1.82) is 0 Å². The summed E-state index contributed by atoms with van der Waals surface area (Å²) in [7, 11) is 0. The van der Waals surface area contributed by atoms with Gasteiger partial charge in [0.1, 0.15) is 5.75 Å². The fourth-order valence-corrected chi connectivity index (χ4v) is 3.19. The molecular weight excluding hydrogens is 218 g/mol. The third-order valence-corrected chi connectivity index (χ3v) is 4.22. The Morgan fingerprint density at radius 2 is 2.25 bits per heavy atom. The van der Waals surface area contributed by atoms with Crippen molar-refractivity contribution >= 4 is 11.8 Å². The molecule has 1 aliphatic rings. The van der Waals surface area contributed by atoms with Gasteiger partial charge >= 0.3 is 0 Å². The van der Waals surface area contributed by atoms with Crippen molar-refractivity contribution in [3.63, 3.8) is 0 Å². The minimum atomic E-state index is 0.368. The predicted octanol–water partition coefficient (Wildman–Crippen LogP) is 2.87. The van der Waals surface area contributed by atoms with Gasteiger partial charge < -0.3 is 10.4 Å². The van der Waals surface area contributed by atoms with E-state index >= 15 is 0 Å². The first-order valence-corrected chi connectivity index (χ1v) is 6.96. The summed E-state index contributed by atoms with van der Waals surface area (Å²) in [4.78, 5) is 1.18. The maximum Gasteiger partial charge on any atom is 0.116 e. The van der Waals surface area contributed by atoms with Gasteiger partial charge in [0.2, 0.25) is 0 Å². The van der Waals surface area contributed by atoms with Crippen LogP contribution in [0.4, 0.5) is 0 Å². The van der Waals surface area contributed by atoms with Crippen LogP contribution in [0.2, 0.25) is 0 Å². The van der Waals surface area contributed by atoms with E-state index in [0.29, 0.717) is 5.75 Å². The summed E-state index contributed by atoms with van der Waals surface area (Å²) in [6, 6.07) is 7.55. The zero-order chi connectivity index (χ0) is 11.2. The molecule has 0 spiro atoms. The second kappa shape index (κ2) is 6.16. The molecule has 3 heteroatoms. The molecule has 88 valence electrons. The summed E-state index contributed by atoms with van der Waals surface area (Å²) in [5.74, 6) is 2.36. The minimum Gasteiger partial charge on any atom is -0.508 e. The van der Waals surface area contributed by atoms with Crippen LogP contribution < -0.4 is 5.32 Å². The van der Waals surface area contributed by atoms with E-state index in [1.54, 1.807) is 6.07 Å². The second-order valence-corrected chi connectivity index (χ2v) is 5.45. The Hall–Kier alpha value is -0.670. The molecule has 1 aromatic rings. The van der Waals surface area contributed by atoms with E-state index in [-0.39, 0.29) is 0 Å². The zero-order valence-corrected chi connectivity index (χ0v) is 10.3. The lowest BCUT2D eigenvalue weighted by atomic mass is 10.0. The molecule has 1 heterocycles. The van der Waals surface area contributed by atoms with Crippen molar-refractivity contribution in [1.82, 2.24) is 5.32 Å². The number of phenols is 1. The Morgan fingerprint density at radius 3 is 3.12 bits per heavy atom. The number of thioether (sulfide) groups is 1. The van der Waals surface area contributed by atoms with E-state index in [1.807, 2.05) is 23.9 Å². The first kappa shape index (κ1) is 11.8. The molecular formula is C13H19NOS. The highest BCUT2D eigenvalue weighted by Crippen LogP contribution is 2.27. The molecule has 1 fully saturated rings. The van der Waals surface area contributed by atoms with Crippen molar-refractivity contribution in [2.24, 2.45) is 5.92 Å². The molecule has 16 heavy (non-hydrogen) atoms. The summed E-state index contributed by atoms with van der Waals surface area (Å²) < 4.78 is 0. The van der Waals surface area contributed by atoms with Crippen molar-refractivity contribution in [3.8, 4) is 5.75 Å². The van der Waals surface area contributed by atoms with Gasteiger partial charge in [-0.2, -0.15) is 0 Å². The predicted molar refractivity (Wildman–Crippen MR) is 69.0 cm³/mol. The quantitative estimate of drug-likeness (QED) is 0.793. The summed E-state index contributed by atoms with van der Waals surface area (Å²) in [5.41, 5.74) is 0. The first-order chi connectivity index (χ1) is 7.84. The van der Waals surface area contributed by atoms with Crippen molar-refractivity contribution in [3.05, 3.63) is 24.3 Å². The number of hydrogen-bond acceptors (Lipinski definition) is 3. The van der Waals surface area contributed by atoms with E-state index in [4.69, 9.17) is 0 Å². The van der Waals surface area contributed by atoms with Gasteiger partial charge in [0.05, 0.1) is 0 Å². The Morgan fingerprint density at radius 1 is 1.31 bits per heavy atom. The van der Waals surface area contributed by atoms with Gasteiger partial charge in [0.15, 0.2) is 0 Å². The molecule has 1 saturated heterocycles. The normalized spacial score (nSPS) is 21.6. The van der Waals surface area contributed by atoms with Gasteiger partial charge in [-0.1, -0.05) is 6.07 Å². The highest BCUT2D eigenvalue weighted by atomic mass is 32.2. The van der Waals surface area contributed by atoms with Crippen LogP contribution in [-0.2, 0) is 0 Å². The second-order valence-electron chi connectivity index (χ2n) is 4.36. The molecule has 2 rings (SSSR count). The Labute approximate surface area is 101 Å². The maximum absolute atomic E-state index is 9.37. The highest BCUT2D eigenvalue weighted by Gasteiger charge is 2.12. The molecule has 2 nitrogen and oxygen atoms in total. The van der Waals surface area contributed by atoms with Crippen LogP contribution in [0.25, 0.3) is 0 Å². The molecule has 0 amide bonds. The molecule has 0 radical (unpaired) electrons. The Balaban J connectivity index is 1.81. The number of phenolic OH excluding ortho intramolecular Hbond substituents is 1. The van der Waals surface area contributed by atoms with Gasteiger partial charge in [-0.15, -0.1) is 11.8 Å². The molecule has 0 aliphatic carbocycles. The van der Waals surface area contributed by atoms with Gasteiger partial charge in [-0.05, 0) is 56.5 Å². The number of aromatic hydroxyl groups is 1. The average molecular weight is 237 g/mol. The molecule has 1 unspecified atom stereocenters. The van der Waals surface area contributed by atoms with Crippen LogP contribution in [0, 0.1) is 5.92 Å². The summed E-state index contributed by atoms with van der Waals surface area (Å²) >= 11 is 1.86. The molecule has 2 N–H and O–H groups in total. The van der Waals surface area contributed by atoms with Crippen molar-refractivity contribution < 1.29 is 5.11 Å². The number of benzene rings is 1. The van der Waals surface area contributed by atoms with Crippen LogP contribution in [0.1, 0.15) is 19.3 Å². The van der Waals surface area contributed by atoms with Gasteiger partial charge in [0, 0.05) is 10.6 Å².